The minimum absolute atomic E-state index is 0.0195. The van der Waals surface area contributed by atoms with Crippen LogP contribution in [0.4, 0.5) is 0 Å². The van der Waals surface area contributed by atoms with Crippen molar-refractivity contribution in [2.45, 2.75) is 52.0 Å². The van der Waals surface area contributed by atoms with Crippen LogP contribution in [-0.4, -0.2) is 37.6 Å². The van der Waals surface area contributed by atoms with Crippen molar-refractivity contribution in [3.05, 3.63) is 0 Å². The molecule has 1 aliphatic carbocycles. The molecule has 1 fully saturated rings. The SMILES string of the molecule is CCC1CCC(N(C)CC(C)C(=O)OC)CC1. The Morgan fingerprint density at radius 3 is 2.41 bits per heavy atom. The molecule has 100 valence electrons. The van der Waals surface area contributed by atoms with Gasteiger partial charge >= 0.3 is 5.97 Å². The lowest BCUT2D eigenvalue weighted by atomic mass is 9.84. The second kappa shape index (κ2) is 7.00. The van der Waals surface area contributed by atoms with Crippen LogP contribution in [0.1, 0.15) is 46.0 Å². The van der Waals surface area contributed by atoms with Crippen molar-refractivity contribution in [2.75, 3.05) is 20.7 Å². The average Bonchev–Trinajstić information content (AvgIpc) is 2.37. The Morgan fingerprint density at radius 1 is 1.35 bits per heavy atom. The van der Waals surface area contributed by atoms with Crippen molar-refractivity contribution in [2.24, 2.45) is 11.8 Å². The van der Waals surface area contributed by atoms with Crippen LogP contribution in [0.5, 0.6) is 0 Å². The van der Waals surface area contributed by atoms with Crippen LogP contribution in [0, 0.1) is 11.8 Å². The van der Waals surface area contributed by atoms with Crippen LogP contribution in [0.15, 0.2) is 0 Å². The topological polar surface area (TPSA) is 29.5 Å². The standard InChI is InChI=1S/C14H27NO2/c1-5-12-6-8-13(9-7-12)15(3)10-11(2)14(16)17-4/h11-13H,5-10H2,1-4H3. The minimum Gasteiger partial charge on any atom is -0.469 e. The normalized spacial score (nSPS) is 26.9. The molecule has 0 heterocycles. The number of methoxy groups -OCH3 is 1. The molecule has 1 unspecified atom stereocenters. The van der Waals surface area contributed by atoms with Gasteiger partial charge < -0.3 is 9.64 Å². The largest absolute Gasteiger partial charge is 0.469 e. The molecule has 0 aromatic rings. The molecule has 0 aliphatic heterocycles. The molecule has 0 amide bonds. The fraction of sp³-hybridized carbons (Fsp3) is 0.929. The van der Waals surface area contributed by atoms with E-state index in [0.29, 0.717) is 6.04 Å². The highest BCUT2D eigenvalue weighted by Crippen LogP contribution is 2.29. The summed E-state index contributed by atoms with van der Waals surface area (Å²) in [6.45, 7) is 5.04. The van der Waals surface area contributed by atoms with Gasteiger partial charge in [0.1, 0.15) is 0 Å². The van der Waals surface area contributed by atoms with Gasteiger partial charge in [0.15, 0.2) is 0 Å². The first kappa shape index (κ1) is 14.5. The molecule has 0 bridgehead atoms. The molecular formula is C14H27NO2. The molecular weight excluding hydrogens is 214 g/mol. The summed E-state index contributed by atoms with van der Waals surface area (Å²) in [5, 5.41) is 0. The maximum Gasteiger partial charge on any atom is 0.309 e. The number of hydrogen-bond acceptors (Lipinski definition) is 3. The third-order valence-electron chi connectivity index (χ3n) is 4.18. The zero-order valence-corrected chi connectivity index (χ0v) is 11.7. The third kappa shape index (κ3) is 4.30. The summed E-state index contributed by atoms with van der Waals surface area (Å²) in [4.78, 5) is 13.7. The number of rotatable bonds is 5. The van der Waals surface area contributed by atoms with Gasteiger partial charge in [0.05, 0.1) is 13.0 Å². The Kier molecular flexibility index (Phi) is 5.96. The monoisotopic (exact) mass is 241 g/mol. The summed E-state index contributed by atoms with van der Waals surface area (Å²) in [6.07, 6.45) is 6.57. The second-order valence-corrected chi connectivity index (χ2v) is 5.45. The average molecular weight is 241 g/mol. The van der Waals surface area contributed by atoms with Crippen molar-refractivity contribution in [1.29, 1.82) is 0 Å². The van der Waals surface area contributed by atoms with Crippen molar-refractivity contribution in [3.8, 4) is 0 Å². The van der Waals surface area contributed by atoms with E-state index < -0.39 is 0 Å². The Morgan fingerprint density at radius 2 is 1.94 bits per heavy atom. The zero-order chi connectivity index (χ0) is 12.8. The molecule has 0 aromatic carbocycles. The Balaban J connectivity index is 2.33. The van der Waals surface area contributed by atoms with Crippen LogP contribution >= 0.6 is 0 Å². The van der Waals surface area contributed by atoms with Gasteiger partial charge in [-0.15, -0.1) is 0 Å². The van der Waals surface area contributed by atoms with Gasteiger partial charge in [-0.2, -0.15) is 0 Å². The fourth-order valence-electron chi connectivity index (χ4n) is 2.85. The summed E-state index contributed by atoms with van der Waals surface area (Å²) < 4.78 is 4.77. The van der Waals surface area contributed by atoms with E-state index in [0.717, 1.165) is 12.5 Å². The molecule has 0 N–H and O–H groups in total. The van der Waals surface area contributed by atoms with Gasteiger partial charge in [0.2, 0.25) is 0 Å². The number of hydrogen-bond donors (Lipinski definition) is 0. The van der Waals surface area contributed by atoms with Crippen LogP contribution in [0.25, 0.3) is 0 Å². The van der Waals surface area contributed by atoms with Crippen LogP contribution in [0.3, 0.4) is 0 Å². The van der Waals surface area contributed by atoms with Gasteiger partial charge in [-0.25, -0.2) is 0 Å². The van der Waals surface area contributed by atoms with E-state index in [1.165, 1.54) is 39.2 Å². The summed E-state index contributed by atoms with van der Waals surface area (Å²) in [6, 6.07) is 0.657. The van der Waals surface area contributed by atoms with E-state index in [1.54, 1.807) is 0 Å². The highest BCUT2D eigenvalue weighted by atomic mass is 16.5. The smallest absolute Gasteiger partial charge is 0.309 e. The predicted octanol–water partition coefficient (Wildman–Crippen LogP) is 2.70. The maximum atomic E-state index is 11.4. The van der Waals surface area contributed by atoms with Crippen molar-refractivity contribution in [3.63, 3.8) is 0 Å². The number of carbonyl (C=O) groups is 1. The van der Waals surface area contributed by atoms with E-state index in [1.807, 2.05) is 6.92 Å². The van der Waals surface area contributed by atoms with E-state index in [9.17, 15) is 4.79 Å². The molecule has 1 saturated carbocycles. The van der Waals surface area contributed by atoms with E-state index in [4.69, 9.17) is 4.74 Å². The molecule has 3 nitrogen and oxygen atoms in total. The molecule has 0 aromatic heterocycles. The lowest BCUT2D eigenvalue weighted by molar-refractivity contribution is -0.145. The van der Waals surface area contributed by atoms with Crippen molar-refractivity contribution in [1.82, 2.24) is 4.90 Å². The Hall–Kier alpha value is -0.570. The Bertz CT molecular complexity index is 234. The first-order valence-corrected chi connectivity index (χ1v) is 6.86. The summed E-state index contributed by atoms with van der Waals surface area (Å²) in [7, 11) is 3.60. The van der Waals surface area contributed by atoms with Gasteiger partial charge in [-0.1, -0.05) is 20.3 Å². The minimum atomic E-state index is -0.0981. The van der Waals surface area contributed by atoms with Crippen LogP contribution in [-0.2, 0) is 9.53 Å². The van der Waals surface area contributed by atoms with Gasteiger partial charge in [-0.3, -0.25) is 4.79 Å². The van der Waals surface area contributed by atoms with Gasteiger partial charge in [0.25, 0.3) is 0 Å². The summed E-state index contributed by atoms with van der Waals surface area (Å²) >= 11 is 0. The first-order valence-electron chi connectivity index (χ1n) is 6.86. The van der Waals surface area contributed by atoms with E-state index in [2.05, 4.69) is 18.9 Å². The molecule has 0 spiro atoms. The maximum absolute atomic E-state index is 11.4. The lowest BCUT2D eigenvalue weighted by Gasteiger charge is -2.35. The number of nitrogens with zero attached hydrogens (tertiary/aromatic N) is 1. The molecule has 3 heteroatoms. The molecule has 17 heavy (non-hydrogen) atoms. The van der Waals surface area contributed by atoms with E-state index >= 15 is 0 Å². The highest BCUT2D eigenvalue weighted by molar-refractivity contribution is 5.72. The van der Waals surface area contributed by atoms with Crippen molar-refractivity contribution < 1.29 is 9.53 Å². The number of esters is 1. The van der Waals surface area contributed by atoms with Crippen LogP contribution < -0.4 is 0 Å². The quantitative estimate of drug-likeness (QED) is 0.693. The first-order chi connectivity index (χ1) is 8.08. The van der Waals surface area contributed by atoms with Gasteiger partial charge in [-0.05, 0) is 38.6 Å². The summed E-state index contributed by atoms with van der Waals surface area (Å²) in [5.74, 6) is 0.811. The lowest BCUT2D eigenvalue weighted by Crippen LogP contribution is -2.39. The van der Waals surface area contributed by atoms with Crippen molar-refractivity contribution >= 4 is 5.97 Å². The van der Waals surface area contributed by atoms with Gasteiger partial charge in [0, 0.05) is 12.6 Å². The van der Waals surface area contributed by atoms with Crippen LogP contribution in [0.2, 0.25) is 0 Å². The highest BCUT2D eigenvalue weighted by Gasteiger charge is 2.25. The second-order valence-electron chi connectivity index (χ2n) is 5.45. The number of carbonyl (C=O) groups excluding carboxylic acids is 1. The Labute approximate surface area is 106 Å². The summed E-state index contributed by atoms with van der Waals surface area (Å²) in [5.41, 5.74) is 0. The molecule has 1 aliphatic rings. The molecule has 0 saturated heterocycles. The fourth-order valence-corrected chi connectivity index (χ4v) is 2.85. The predicted molar refractivity (Wildman–Crippen MR) is 69.8 cm³/mol. The zero-order valence-electron chi connectivity index (χ0n) is 11.7. The molecule has 1 rings (SSSR count). The third-order valence-corrected chi connectivity index (χ3v) is 4.18. The van der Waals surface area contributed by atoms with E-state index in [-0.39, 0.29) is 11.9 Å². The molecule has 1 atom stereocenters. The number of ether oxygens (including phenoxy) is 1. The molecule has 0 radical (unpaired) electrons.